The Balaban J connectivity index is 1.73. The fraction of sp³-hybridized carbons (Fsp3) is 0.714. The average Bonchev–Trinajstić information content (AvgIpc) is 3.02. The number of nitrogens with one attached hydrogen (secondary N) is 1. The van der Waals surface area contributed by atoms with Crippen LogP contribution in [0, 0.1) is 5.92 Å². The largest absolute Gasteiger partial charge is 0.376 e. The van der Waals surface area contributed by atoms with Crippen LogP contribution in [0.25, 0.3) is 0 Å². The molecule has 0 saturated carbocycles. The van der Waals surface area contributed by atoms with Gasteiger partial charge in [0.05, 0.1) is 12.6 Å². The van der Waals surface area contributed by atoms with Crippen molar-refractivity contribution >= 4 is 6.03 Å². The van der Waals surface area contributed by atoms with E-state index in [4.69, 9.17) is 4.74 Å². The molecule has 1 aromatic heterocycles. The lowest BCUT2D eigenvalue weighted by atomic mass is 10.2. The van der Waals surface area contributed by atoms with Crippen LogP contribution >= 0.6 is 0 Å². The third-order valence-electron chi connectivity index (χ3n) is 3.42. The Morgan fingerprint density at radius 3 is 3.05 bits per heavy atom. The molecule has 0 spiro atoms. The fourth-order valence-electron chi connectivity index (χ4n) is 2.21. The Labute approximate surface area is 120 Å². The molecule has 6 nitrogen and oxygen atoms in total. The molecule has 20 heavy (non-hydrogen) atoms. The predicted octanol–water partition coefficient (Wildman–Crippen LogP) is 1.38. The van der Waals surface area contributed by atoms with Gasteiger partial charge < -0.3 is 19.5 Å². The highest BCUT2D eigenvalue weighted by molar-refractivity contribution is 5.74. The average molecular weight is 280 g/mol. The van der Waals surface area contributed by atoms with E-state index >= 15 is 0 Å². The van der Waals surface area contributed by atoms with Crippen molar-refractivity contribution in [3.8, 4) is 0 Å². The third kappa shape index (κ3) is 3.96. The van der Waals surface area contributed by atoms with Crippen molar-refractivity contribution < 1.29 is 9.53 Å². The number of amides is 2. The summed E-state index contributed by atoms with van der Waals surface area (Å²) >= 11 is 0. The molecule has 0 aromatic carbocycles. The van der Waals surface area contributed by atoms with E-state index in [-0.39, 0.29) is 12.1 Å². The summed E-state index contributed by atoms with van der Waals surface area (Å²) < 4.78 is 7.68. The van der Waals surface area contributed by atoms with Gasteiger partial charge in [0, 0.05) is 39.1 Å². The van der Waals surface area contributed by atoms with Crippen LogP contribution in [-0.2, 0) is 18.3 Å². The van der Waals surface area contributed by atoms with Gasteiger partial charge >= 0.3 is 6.03 Å². The summed E-state index contributed by atoms with van der Waals surface area (Å²) in [5.74, 6) is 1.38. The van der Waals surface area contributed by atoms with Gasteiger partial charge in [0.15, 0.2) is 0 Å². The van der Waals surface area contributed by atoms with E-state index in [0.29, 0.717) is 19.0 Å². The highest BCUT2D eigenvalue weighted by Crippen LogP contribution is 2.13. The topological polar surface area (TPSA) is 59.4 Å². The Hall–Kier alpha value is -1.56. The number of carbonyl (C=O) groups excluding carboxylic acids is 1. The Kier molecular flexibility index (Phi) is 5.00. The number of hydrogen-bond donors (Lipinski definition) is 1. The lowest BCUT2D eigenvalue weighted by Crippen LogP contribution is -2.39. The first kappa shape index (κ1) is 14.8. The van der Waals surface area contributed by atoms with Crippen LogP contribution in [0.2, 0.25) is 0 Å². The van der Waals surface area contributed by atoms with Gasteiger partial charge in [-0.15, -0.1) is 0 Å². The van der Waals surface area contributed by atoms with Gasteiger partial charge in [-0.05, 0) is 12.3 Å². The van der Waals surface area contributed by atoms with Crippen molar-refractivity contribution in [2.24, 2.45) is 13.0 Å². The molecule has 1 atom stereocenters. The second-order valence-corrected chi connectivity index (χ2v) is 5.70. The molecular weight excluding hydrogens is 256 g/mol. The molecule has 1 saturated heterocycles. The van der Waals surface area contributed by atoms with Gasteiger partial charge in [0.2, 0.25) is 0 Å². The minimum atomic E-state index is -0.0383. The molecule has 1 aliphatic heterocycles. The van der Waals surface area contributed by atoms with Crippen LogP contribution in [0.15, 0.2) is 12.4 Å². The first-order valence-electron chi connectivity index (χ1n) is 7.17. The minimum Gasteiger partial charge on any atom is -0.376 e. The number of carbonyl (C=O) groups is 1. The molecule has 0 unspecified atom stereocenters. The van der Waals surface area contributed by atoms with E-state index in [2.05, 4.69) is 24.1 Å². The molecule has 1 fully saturated rings. The summed E-state index contributed by atoms with van der Waals surface area (Å²) in [5, 5.41) is 2.90. The molecule has 2 amide bonds. The van der Waals surface area contributed by atoms with E-state index in [0.717, 1.165) is 25.4 Å². The summed E-state index contributed by atoms with van der Waals surface area (Å²) in [5.41, 5.74) is 0. The van der Waals surface area contributed by atoms with Crippen molar-refractivity contribution in [2.75, 3.05) is 19.7 Å². The second kappa shape index (κ2) is 6.74. The van der Waals surface area contributed by atoms with E-state index in [1.807, 2.05) is 22.7 Å². The maximum Gasteiger partial charge on any atom is 0.317 e. The lowest BCUT2D eigenvalue weighted by molar-refractivity contribution is 0.0436. The number of likely N-dealkylation sites (tertiary alicyclic amines) is 1. The van der Waals surface area contributed by atoms with Crippen LogP contribution in [0.5, 0.6) is 0 Å². The van der Waals surface area contributed by atoms with Gasteiger partial charge in [0.1, 0.15) is 5.82 Å². The van der Waals surface area contributed by atoms with E-state index in [1.54, 1.807) is 6.20 Å². The standard InChI is InChI=1S/C14H24N4O2/c1-11(2)10-20-12-4-6-18(9-12)14(19)16-8-13-15-5-7-17(13)3/h5,7,11-12H,4,6,8-10H2,1-3H3,(H,16,19)/t12-/m1/s1. The zero-order valence-electron chi connectivity index (χ0n) is 12.5. The highest BCUT2D eigenvalue weighted by atomic mass is 16.5. The van der Waals surface area contributed by atoms with Crippen LogP contribution < -0.4 is 5.32 Å². The van der Waals surface area contributed by atoms with Crippen LogP contribution in [0.3, 0.4) is 0 Å². The van der Waals surface area contributed by atoms with Gasteiger partial charge in [-0.3, -0.25) is 0 Å². The van der Waals surface area contributed by atoms with Gasteiger partial charge in [-0.25, -0.2) is 9.78 Å². The molecular formula is C14H24N4O2. The molecule has 6 heteroatoms. The molecule has 1 aliphatic rings. The molecule has 1 N–H and O–H groups in total. The van der Waals surface area contributed by atoms with Crippen molar-refractivity contribution in [1.82, 2.24) is 19.8 Å². The number of aromatic nitrogens is 2. The summed E-state index contributed by atoms with van der Waals surface area (Å²) in [7, 11) is 1.92. The van der Waals surface area contributed by atoms with Crippen LogP contribution in [0.1, 0.15) is 26.1 Å². The van der Waals surface area contributed by atoms with E-state index in [9.17, 15) is 4.79 Å². The van der Waals surface area contributed by atoms with E-state index in [1.165, 1.54) is 0 Å². The summed E-state index contributed by atoms with van der Waals surface area (Å²) in [6.45, 7) is 6.91. The zero-order chi connectivity index (χ0) is 14.5. The normalized spacial score (nSPS) is 18.8. The third-order valence-corrected chi connectivity index (χ3v) is 3.42. The fourth-order valence-corrected chi connectivity index (χ4v) is 2.21. The van der Waals surface area contributed by atoms with E-state index < -0.39 is 0 Å². The number of rotatable bonds is 5. The number of imidazole rings is 1. The van der Waals surface area contributed by atoms with Crippen molar-refractivity contribution in [1.29, 1.82) is 0 Å². The molecule has 0 bridgehead atoms. The summed E-state index contributed by atoms with van der Waals surface area (Å²) in [4.78, 5) is 18.1. The number of nitrogens with zero attached hydrogens (tertiary/aromatic N) is 3. The Bertz CT molecular complexity index is 444. The quantitative estimate of drug-likeness (QED) is 0.886. The van der Waals surface area contributed by atoms with Crippen molar-refractivity contribution in [3.63, 3.8) is 0 Å². The highest BCUT2D eigenvalue weighted by Gasteiger charge is 2.26. The molecule has 1 aromatic rings. The van der Waals surface area contributed by atoms with Crippen molar-refractivity contribution in [3.05, 3.63) is 18.2 Å². The zero-order valence-corrected chi connectivity index (χ0v) is 12.5. The monoisotopic (exact) mass is 280 g/mol. The SMILES string of the molecule is CC(C)CO[C@@H]1CCN(C(=O)NCc2nccn2C)C1. The number of hydrogen-bond acceptors (Lipinski definition) is 3. The summed E-state index contributed by atoms with van der Waals surface area (Å²) in [6, 6.07) is -0.0383. The molecule has 0 radical (unpaired) electrons. The first-order chi connectivity index (χ1) is 9.56. The maximum atomic E-state index is 12.1. The van der Waals surface area contributed by atoms with Crippen molar-refractivity contribution in [2.45, 2.75) is 32.9 Å². The number of ether oxygens (including phenoxy) is 1. The van der Waals surface area contributed by atoms with Gasteiger partial charge in [-0.2, -0.15) is 0 Å². The summed E-state index contributed by atoms with van der Waals surface area (Å²) in [6.07, 6.45) is 4.69. The Morgan fingerprint density at radius 2 is 2.40 bits per heavy atom. The minimum absolute atomic E-state index is 0.0383. The molecule has 2 rings (SSSR count). The lowest BCUT2D eigenvalue weighted by Gasteiger charge is -2.18. The smallest absolute Gasteiger partial charge is 0.317 e. The molecule has 2 heterocycles. The number of aryl methyl sites for hydroxylation is 1. The first-order valence-corrected chi connectivity index (χ1v) is 7.17. The van der Waals surface area contributed by atoms with Gasteiger partial charge in [0.25, 0.3) is 0 Å². The van der Waals surface area contributed by atoms with Crippen LogP contribution in [-0.4, -0.2) is 46.3 Å². The number of urea groups is 1. The predicted molar refractivity (Wildman–Crippen MR) is 76.2 cm³/mol. The maximum absolute atomic E-state index is 12.1. The van der Waals surface area contributed by atoms with Gasteiger partial charge in [-0.1, -0.05) is 13.8 Å². The second-order valence-electron chi connectivity index (χ2n) is 5.70. The molecule has 0 aliphatic carbocycles. The Morgan fingerprint density at radius 1 is 1.60 bits per heavy atom. The van der Waals surface area contributed by atoms with Crippen LogP contribution in [0.4, 0.5) is 4.79 Å². The molecule has 112 valence electrons.